The first kappa shape index (κ1) is 15.3. The van der Waals surface area contributed by atoms with Gasteiger partial charge in [0.15, 0.2) is 11.9 Å². The first-order chi connectivity index (χ1) is 11.7. The number of nitrogens with zero attached hydrogens (tertiary/aromatic N) is 6. The lowest BCUT2D eigenvalue weighted by Gasteiger charge is -2.36. The molecule has 2 aliphatic heterocycles. The minimum absolute atomic E-state index is 0.0209. The largest absolute Gasteiger partial charge is 0.378 e. The molecule has 2 aromatic rings. The van der Waals surface area contributed by atoms with Crippen molar-refractivity contribution < 1.29 is 14.3 Å². The van der Waals surface area contributed by atoms with Gasteiger partial charge in [-0.3, -0.25) is 9.20 Å². The van der Waals surface area contributed by atoms with Crippen LogP contribution in [0.4, 0.5) is 5.82 Å². The number of carbonyl (C=O) groups excluding carboxylic acids is 1. The summed E-state index contributed by atoms with van der Waals surface area (Å²) in [5.74, 6) is 1.57. The van der Waals surface area contributed by atoms with Crippen LogP contribution in [0.5, 0.6) is 0 Å². The molecule has 4 heterocycles. The molecular weight excluding hydrogens is 312 g/mol. The Morgan fingerprint density at radius 3 is 2.88 bits per heavy atom. The number of amides is 1. The van der Waals surface area contributed by atoms with E-state index >= 15 is 0 Å². The highest BCUT2D eigenvalue weighted by Crippen LogP contribution is 2.21. The molecule has 1 unspecified atom stereocenters. The molecule has 0 radical (unpaired) electrons. The summed E-state index contributed by atoms with van der Waals surface area (Å²) >= 11 is 0. The van der Waals surface area contributed by atoms with Gasteiger partial charge in [0.05, 0.1) is 26.4 Å². The first-order valence-corrected chi connectivity index (χ1v) is 8.13. The number of anilines is 1. The van der Waals surface area contributed by atoms with Crippen molar-refractivity contribution >= 4 is 17.4 Å². The molecule has 0 aliphatic carbocycles. The van der Waals surface area contributed by atoms with Crippen LogP contribution in [0.2, 0.25) is 0 Å². The zero-order chi connectivity index (χ0) is 16.5. The van der Waals surface area contributed by atoms with E-state index in [0.717, 1.165) is 11.6 Å². The van der Waals surface area contributed by atoms with E-state index < -0.39 is 6.10 Å². The van der Waals surface area contributed by atoms with Crippen LogP contribution in [0, 0.1) is 6.92 Å². The fourth-order valence-electron chi connectivity index (χ4n) is 3.13. The van der Waals surface area contributed by atoms with Crippen molar-refractivity contribution in [1.82, 2.24) is 24.5 Å². The summed E-state index contributed by atoms with van der Waals surface area (Å²) in [5, 5.41) is 8.31. The Morgan fingerprint density at radius 1 is 1.21 bits per heavy atom. The van der Waals surface area contributed by atoms with Crippen molar-refractivity contribution in [2.45, 2.75) is 13.0 Å². The maximum atomic E-state index is 12.7. The van der Waals surface area contributed by atoms with Crippen LogP contribution in [0.15, 0.2) is 12.4 Å². The van der Waals surface area contributed by atoms with Crippen LogP contribution in [0.1, 0.15) is 5.82 Å². The highest BCUT2D eigenvalue weighted by Gasteiger charge is 2.32. The normalized spacial score (nSPS) is 22.1. The summed E-state index contributed by atoms with van der Waals surface area (Å²) in [6, 6.07) is 0. The lowest BCUT2D eigenvalue weighted by molar-refractivity contribution is -0.148. The summed E-state index contributed by atoms with van der Waals surface area (Å²) in [4.78, 5) is 21.0. The minimum atomic E-state index is -0.483. The Labute approximate surface area is 139 Å². The zero-order valence-corrected chi connectivity index (χ0v) is 13.6. The molecule has 0 aromatic carbocycles. The maximum absolute atomic E-state index is 12.7. The smallest absolute Gasteiger partial charge is 0.253 e. The van der Waals surface area contributed by atoms with Crippen molar-refractivity contribution in [3.8, 4) is 0 Å². The van der Waals surface area contributed by atoms with E-state index in [2.05, 4.69) is 20.1 Å². The van der Waals surface area contributed by atoms with Gasteiger partial charge in [-0.15, -0.1) is 10.2 Å². The molecule has 4 rings (SSSR count). The van der Waals surface area contributed by atoms with Gasteiger partial charge in [0.25, 0.3) is 5.91 Å². The van der Waals surface area contributed by atoms with Crippen molar-refractivity contribution in [3.05, 3.63) is 18.2 Å². The van der Waals surface area contributed by atoms with Crippen LogP contribution < -0.4 is 4.90 Å². The van der Waals surface area contributed by atoms with Crippen molar-refractivity contribution in [2.24, 2.45) is 0 Å². The van der Waals surface area contributed by atoms with Crippen LogP contribution in [-0.2, 0) is 14.3 Å². The Balaban J connectivity index is 1.54. The molecule has 1 atom stereocenters. The molecule has 0 saturated carbocycles. The molecule has 1 amide bonds. The number of aryl methyl sites for hydroxylation is 1. The van der Waals surface area contributed by atoms with E-state index in [1.807, 2.05) is 22.4 Å². The van der Waals surface area contributed by atoms with Crippen molar-refractivity contribution in [1.29, 1.82) is 0 Å². The number of rotatable bonds is 2. The van der Waals surface area contributed by atoms with E-state index in [0.29, 0.717) is 51.6 Å². The van der Waals surface area contributed by atoms with E-state index in [9.17, 15) is 4.79 Å². The SMILES string of the molecule is Cc1nnc2c(N3CCOC(C(=O)N4CCOCC4)C3)nccn12. The highest BCUT2D eigenvalue weighted by molar-refractivity contribution is 5.82. The molecule has 2 fully saturated rings. The number of aromatic nitrogens is 4. The van der Waals surface area contributed by atoms with Crippen molar-refractivity contribution in [3.63, 3.8) is 0 Å². The van der Waals surface area contributed by atoms with Gasteiger partial charge >= 0.3 is 0 Å². The molecule has 24 heavy (non-hydrogen) atoms. The lowest BCUT2D eigenvalue weighted by Crippen LogP contribution is -2.53. The average Bonchev–Trinajstić information content (AvgIpc) is 3.03. The number of hydrogen-bond donors (Lipinski definition) is 0. The molecule has 2 saturated heterocycles. The maximum Gasteiger partial charge on any atom is 0.253 e. The summed E-state index contributed by atoms with van der Waals surface area (Å²) in [6.45, 7) is 5.93. The molecule has 9 heteroatoms. The highest BCUT2D eigenvalue weighted by atomic mass is 16.5. The van der Waals surface area contributed by atoms with Crippen molar-refractivity contribution in [2.75, 3.05) is 50.9 Å². The Kier molecular flexibility index (Phi) is 4.03. The van der Waals surface area contributed by atoms with Gasteiger partial charge in [0.2, 0.25) is 5.65 Å². The Morgan fingerprint density at radius 2 is 2.04 bits per heavy atom. The third kappa shape index (κ3) is 2.69. The lowest BCUT2D eigenvalue weighted by atomic mass is 10.2. The van der Waals surface area contributed by atoms with Crippen LogP contribution in [0.3, 0.4) is 0 Å². The fraction of sp³-hybridized carbons (Fsp3) is 0.600. The first-order valence-electron chi connectivity index (χ1n) is 8.13. The van der Waals surface area contributed by atoms with Crippen LogP contribution in [0.25, 0.3) is 5.65 Å². The molecular formula is C15H20N6O3. The monoisotopic (exact) mass is 332 g/mol. The van der Waals surface area contributed by atoms with Gasteiger partial charge in [-0.1, -0.05) is 0 Å². The third-order valence-electron chi connectivity index (χ3n) is 4.44. The minimum Gasteiger partial charge on any atom is -0.378 e. The second-order valence-corrected chi connectivity index (χ2v) is 5.93. The summed E-state index contributed by atoms with van der Waals surface area (Å²) in [5.41, 5.74) is 0.703. The van der Waals surface area contributed by atoms with Crippen LogP contribution >= 0.6 is 0 Å². The number of fused-ring (bicyclic) bond motifs is 1. The zero-order valence-electron chi connectivity index (χ0n) is 13.6. The number of ether oxygens (including phenoxy) is 2. The topological polar surface area (TPSA) is 85.1 Å². The molecule has 128 valence electrons. The molecule has 0 N–H and O–H groups in total. The number of hydrogen-bond acceptors (Lipinski definition) is 7. The number of morpholine rings is 2. The molecule has 9 nitrogen and oxygen atoms in total. The molecule has 0 spiro atoms. The van der Waals surface area contributed by atoms with Gasteiger partial charge in [-0.05, 0) is 6.92 Å². The second kappa shape index (κ2) is 6.33. The van der Waals surface area contributed by atoms with E-state index in [4.69, 9.17) is 9.47 Å². The standard InChI is InChI=1S/C15H20N6O3/c1-11-17-18-14-13(16-2-3-21(11)14)20-6-9-24-12(10-20)15(22)19-4-7-23-8-5-19/h2-3,12H,4-10H2,1H3. The quantitative estimate of drug-likeness (QED) is 0.733. The number of carbonyl (C=O) groups is 1. The van der Waals surface area contributed by atoms with Gasteiger partial charge in [-0.2, -0.15) is 0 Å². The van der Waals surface area contributed by atoms with E-state index in [1.165, 1.54) is 0 Å². The summed E-state index contributed by atoms with van der Waals surface area (Å²) in [7, 11) is 0. The summed E-state index contributed by atoms with van der Waals surface area (Å²) in [6.07, 6.45) is 3.08. The average molecular weight is 332 g/mol. The summed E-state index contributed by atoms with van der Waals surface area (Å²) < 4.78 is 12.9. The predicted octanol–water partition coefficient (Wildman–Crippen LogP) is -0.503. The second-order valence-electron chi connectivity index (χ2n) is 5.93. The molecule has 2 aromatic heterocycles. The van der Waals surface area contributed by atoms with E-state index in [-0.39, 0.29) is 5.91 Å². The Hall–Kier alpha value is -2.26. The van der Waals surface area contributed by atoms with Crippen LogP contribution in [-0.4, -0.2) is 82.5 Å². The molecule has 0 bridgehead atoms. The Bertz CT molecular complexity index is 742. The van der Waals surface area contributed by atoms with Gasteiger partial charge in [0, 0.05) is 32.0 Å². The third-order valence-corrected chi connectivity index (χ3v) is 4.44. The van der Waals surface area contributed by atoms with Gasteiger partial charge in [0.1, 0.15) is 5.82 Å². The predicted molar refractivity (Wildman–Crippen MR) is 84.9 cm³/mol. The van der Waals surface area contributed by atoms with E-state index in [1.54, 1.807) is 6.20 Å². The fourth-order valence-corrected chi connectivity index (χ4v) is 3.13. The molecule has 2 aliphatic rings. The van der Waals surface area contributed by atoms with Gasteiger partial charge < -0.3 is 19.3 Å². The van der Waals surface area contributed by atoms with Gasteiger partial charge in [-0.25, -0.2) is 4.98 Å².